The molecule has 4 rings (SSSR count). The van der Waals surface area contributed by atoms with Crippen LogP contribution in [-0.2, 0) is 16.2 Å². The van der Waals surface area contributed by atoms with Gasteiger partial charge in [0.2, 0.25) is 0 Å². The van der Waals surface area contributed by atoms with E-state index in [4.69, 9.17) is 19.5 Å². The molecule has 0 fully saturated rings. The number of carboxylic acid groups (broad SMARTS) is 1. The van der Waals surface area contributed by atoms with Gasteiger partial charge in [0, 0.05) is 27.1 Å². The topological polar surface area (TPSA) is 152 Å². The molecule has 1 unspecified atom stereocenters. The fourth-order valence-electron chi connectivity index (χ4n) is 3.35. The predicted octanol–water partition coefficient (Wildman–Crippen LogP) is 3.22. The van der Waals surface area contributed by atoms with Gasteiger partial charge >= 0.3 is 12.1 Å². The molecular weight excluding hydrogens is 554 g/mol. The van der Waals surface area contributed by atoms with Crippen molar-refractivity contribution in [3.63, 3.8) is 0 Å². The minimum Gasteiger partial charge on any atom is -0.494 e. The van der Waals surface area contributed by atoms with Crippen LogP contribution in [-0.4, -0.2) is 70.2 Å². The van der Waals surface area contributed by atoms with Crippen LogP contribution in [0.1, 0.15) is 45.8 Å². The number of amides is 1. The Balaban J connectivity index is 0.000000587. The number of carbonyl (C=O) groups excluding carboxylic acids is 1. The second-order valence-corrected chi connectivity index (χ2v) is 8.69. The van der Waals surface area contributed by atoms with Crippen LogP contribution in [0.2, 0.25) is 0 Å². The van der Waals surface area contributed by atoms with E-state index in [1.807, 2.05) is 31.1 Å². The summed E-state index contributed by atoms with van der Waals surface area (Å²) in [7, 11) is 5.16. The molecule has 41 heavy (non-hydrogen) atoms. The van der Waals surface area contributed by atoms with Crippen molar-refractivity contribution in [1.82, 2.24) is 25.5 Å². The van der Waals surface area contributed by atoms with Gasteiger partial charge in [0.25, 0.3) is 5.91 Å². The van der Waals surface area contributed by atoms with Crippen LogP contribution in [0.3, 0.4) is 0 Å². The van der Waals surface area contributed by atoms with Crippen molar-refractivity contribution >= 4 is 23.4 Å². The maximum Gasteiger partial charge on any atom is 0.490 e. The number of aliphatic carboxylic acids is 1. The highest BCUT2D eigenvalue weighted by atomic mass is 19.4. The zero-order valence-electron chi connectivity index (χ0n) is 22.2. The number of aryl methyl sites for hydroxylation is 1. The SMILES string of the molecule is COc1cc(CNC(=O)c2cc(C3=NOC(c4ccc(N(C)C)nn4)C3)nc(C)n2)ccc1F.O=C(O)C(F)(F)F. The Morgan fingerprint density at radius 1 is 1.15 bits per heavy atom. The number of halogens is 4. The van der Waals surface area contributed by atoms with Crippen molar-refractivity contribution < 1.29 is 41.8 Å². The van der Waals surface area contributed by atoms with E-state index < -0.39 is 23.9 Å². The molecule has 12 nitrogen and oxygen atoms in total. The summed E-state index contributed by atoms with van der Waals surface area (Å²) in [6, 6.07) is 9.68. The Bertz CT molecular complexity index is 1430. The third-order valence-corrected chi connectivity index (χ3v) is 5.41. The lowest BCUT2D eigenvalue weighted by Crippen LogP contribution is -2.25. The molecule has 3 aromatic rings. The third kappa shape index (κ3) is 8.30. The quantitative estimate of drug-likeness (QED) is 0.399. The normalized spacial score (nSPS) is 14.2. The minimum atomic E-state index is -5.08. The summed E-state index contributed by atoms with van der Waals surface area (Å²) < 4.78 is 50.3. The van der Waals surface area contributed by atoms with Gasteiger partial charge in [-0.3, -0.25) is 4.79 Å². The summed E-state index contributed by atoms with van der Waals surface area (Å²) in [5, 5.41) is 22.5. The Morgan fingerprint density at radius 2 is 1.85 bits per heavy atom. The van der Waals surface area contributed by atoms with Crippen LogP contribution in [0.5, 0.6) is 5.75 Å². The van der Waals surface area contributed by atoms with Crippen LogP contribution in [0.4, 0.5) is 23.4 Å². The number of methoxy groups -OCH3 is 1. The number of nitrogens with one attached hydrogen (secondary N) is 1. The van der Waals surface area contributed by atoms with Crippen LogP contribution in [0.15, 0.2) is 41.6 Å². The number of carboxylic acids is 1. The lowest BCUT2D eigenvalue weighted by atomic mass is 10.1. The van der Waals surface area contributed by atoms with Gasteiger partial charge in [-0.25, -0.2) is 19.2 Å². The highest BCUT2D eigenvalue weighted by Crippen LogP contribution is 2.28. The molecule has 218 valence electrons. The number of benzene rings is 1. The van der Waals surface area contributed by atoms with Gasteiger partial charge in [-0.05, 0) is 42.8 Å². The molecule has 1 aromatic carbocycles. The van der Waals surface area contributed by atoms with E-state index in [0.29, 0.717) is 34.9 Å². The van der Waals surface area contributed by atoms with E-state index in [9.17, 15) is 22.4 Å². The van der Waals surface area contributed by atoms with Gasteiger partial charge in [-0.2, -0.15) is 13.2 Å². The molecule has 0 radical (unpaired) electrons. The number of ether oxygens (including phenoxy) is 1. The molecule has 3 heterocycles. The maximum atomic E-state index is 13.6. The van der Waals surface area contributed by atoms with E-state index in [1.165, 1.54) is 19.2 Å². The number of alkyl halides is 3. The highest BCUT2D eigenvalue weighted by molar-refractivity contribution is 6.02. The van der Waals surface area contributed by atoms with Gasteiger partial charge in [-0.1, -0.05) is 11.2 Å². The van der Waals surface area contributed by atoms with Crippen molar-refractivity contribution in [2.45, 2.75) is 32.2 Å². The van der Waals surface area contributed by atoms with Gasteiger partial charge in [0.1, 0.15) is 22.9 Å². The van der Waals surface area contributed by atoms with Crippen LogP contribution in [0.25, 0.3) is 0 Å². The first-order valence-electron chi connectivity index (χ1n) is 11.8. The first kappa shape index (κ1) is 30.6. The van der Waals surface area contributed by atoms with E-state index in [1.54, 1.807) is 19.1 Å². The first-order valence-corrected chi connectivity index (χ1v) is 11.8. The van der Waals surface area contributed by atoms with Gasteiger partial charge in [0.05, 0.1) is 12.8 Å². The van der Waals surface area contributed by atoms with Crippen molar-refractivity contribution in [3.8, 4) is 5.75 Å². The average molecular weight is 580 g/mol. The molecule has 0 saturated heterocycles. The molecule has 0 bridgehead atoms. The molecule has 0 spiro atoms. The largest absolute Gasteiger partial charge is 0.494 e. The van der Waals surface area contributed by atoms with Crippen molar-refractivity contribution in [2.24, 2.45) is 5.16 Å². The van der Waals surface area contributed by atoms with Crippen LogP contribution < -0.4 is 15.0 Å². The summed E-state index contributed by atoms with van der Waals surface area (Å²) in [5.74, 6) is -2.34. The molecule has 16 heteroatoms. The van der Waals surface area contributed by atoms with E-state index in [0.717, 1.165) is 5.82 Å². The molecule has 1 aliphatic rings. The average Bonchev–Trinajstić information content (AvgIpc) is 3.42. The third-order valence-electron chi connectivity index (χ3n) is 5.41. The van der Waals surface area contributed by atoms with Crippen molar-refractivity contribution in [1.29, 1.82) is 0 Å². The zero-order valence-corrected chi connectivity index (χ0v) is 22.2. The maximum absolute atomic E-state index is 13.6. The van der Waals surface area contributed by atoms with Crippen molar-refractivity contribution in [2.75, 3.05) is 26.1 Å². The zero-order chi connectivity index (χ0) is 30.3. The fraction of sp³-hybridized carbons (Fsp3) is 0.320. The fourth-order valence-corrected chi connectivity index (χ4v) is 3.35. The summed E-state index contributed by atoms with van der Waals surface area (Å²) in [5.41, 5.74) is 2.63. The van der Waals surface area contributed by atoms with Gasteiger partial charge in [-0.15, -0.1) is 10.2 Å². The lowest BCUT2D eigenvalue weighted by Gasteiger charge is -2.11. The first-order chi connectivity index (χ1) is 19.3. The Labute approximate surface area is 231 Å². The number of aromatic nitrogens is 4. The Hall–Kier alpha value is -4.89. The molecule has 1 aliphatic heterocycles. The number of hydrogen-bond donors (Lipinski definition) is 2. The molecule has 2 aromatic heterocycles. The second kappa shape index (κ2) is 13.0. The monoisotopic (exact) mass is 579 g/mol. The highest BCUT2D eigenvalue weighted by Gasteiger charge is 2.38. The summed E-state index contributed by atoms with van der Waals surface area (Å²) in [6.07, 6.45) is -5.04. The number of nitrogens with zero attached hydrogens (tertiary/aromatic N) is 6. The lowest BCUT2D eigenvalue weighted by molar-refractivity contribution is -0.192. The number of oxime groups is 1. The van der Waals surface area contributed by atoms with Crippen molar-refractivity contribution in [3.05, 3.63) is 70.7 Å². The molecular formula is C25H25F4N7O5. The summed E-state index contributed by atoms with van der Waals surface area (Å²) >= 11 is 0. The minimum absolute atomic E-state index is 0.113. The van der Waals surface area contributed by atoms with Crippen LogP contribution in [0, 0.1) is 12.7 Å². The predicted molar refractivity (Wildman–Crippen MR) is 136 cm³/mol. The Morgan fingerprint density at radius 3 is 2.44 bits per heavy atom. The molecule has 0 saturated carbocycles. The van der Waals surface area contributed by atoms with E-state index in [-0.39, 0.29) is 24.1 Å². The molecule has 0 aliphatic carbocycles. The van der Waals surface area contributed by atoms with Gasteiger partial charge < -0.3 is 24.9 Å². The standard InChI is InChI=1S/C23H24FN7O3.C2HF3O2/c1-13-26-17(18-11-21(34-30-18)16-7-8-22(29-28-16)31(2)3)10-19(27-13)23(32)25-12-14-5-6-15(24)20(9-14)33-4;3-2(4,5)1(6)7/h5-10,21H,11-12H2,1-4H3,(H,25,32);(H,6,7). The number of hydrogen-bond acceptors (Lipinski definition) is 10. The second-order valence-electron chi connectivity index (χ2n) is 8.69. The van der Waals surface area contributed by atoms with E-state index in [2.05, 4.69) is 30.6 Å². The summed E-state index contributed by atoms with van der Waals surface area (Å²) in [6.45, 7) is 1.88. The number of rotatable bonds is 7. The molecule has 1 atom stereocenters. The number of carbonyl (C=O) groups is 2. The smallest absolute Gasteiger partial charge is 0.490 e. The summed E-state index contributed by atoms with van der Waals surface area (Å²) in [4.78, 5) is 37.7. The molecule has 2 N–H and O–H groups in total. The van der Waals surface area contributed by atoms with Crippen LogP contribution >= 0.6 is 0 Å². The van der Waals surface area contributed by atoms with E-state index >= 15 is 0 Å². The van der Waals surface area contributed by atoms with Gasteiger partial charge in [0.15, 0.2) is 23.5 Å². The molecule has 1 amide bonds. The number of anilines is 1. The Kier molecular flexibility index (Phi) is 9.70.